The van der Waals surface area contributed by atoms with Crippen LogP contribution in [0.2, 0.25) is 0 Å². The smallest absolute Gasteiger partial charge is 0.322 e. The second-order valence-corrected chi connectivity index (χ2v) is 4.81. The van der Waals surface area contributed by atoms with Crippen LogP contribution in [0.3, 0.4) is 0 Å². The summed E-state index contributed by atoms with van der Waals surface area (Å²) in [5, 5.41) is 12.5. The number of carboxylic acid groups (broad SMARTS) is 1. The fraction of sp³-hybridized carbons (Fsp3) is 0.357. The average Bonchev–Trinajstić information content (AvgIpc) is 2.42. The van der Waals surface area contributed by atoms with E-state index in [2.05, 4.69) is 20.2 Å². The van der Waals surface area contributed by atoms with Crippen molar-refractivity contribution in [3.05, 3.63) is 30.1 Å². The first-order valence-electron chi connectivity index (χ1n) is 6.42. The maximum absolute atomic E-state index is 10.7. The Kier molecular flexibility index (Phi) is 6.33. The molecule has 1 aromatic heterocycles. The van der Waals surface area contributed by atoms with E-state index < -0.39 is 5.97 Å². The van der Waals surface area contributed by atoms with Gasteiger partial charge >= 0.3 is 5.97 Å². The van der Waals surface area contributed by atoms with Gasteiger partial charge < -0.3 is 15.3 Å². The molecule has 6 nitrogen and oxygen atoms in total. The highest BCUT2D eigenvalue weighted by Gasteiger charge is 2.08. The molecule has 0 aliphatic heterocycles. The van der Waals surface area contributed by atoms with Crippen LogP contribution in [0.5, 0.6) is 0 Å². The molecule has 2 rings (SSSR count). The molecule has 0 saturated heterocycles. The molecule has 0 aliphatic rings. The van der Waals surface area contributed by atoms with Crippen molar-refractivity contribution in [2.45, 2.75) is 6.42 Å². The van der Waals surface area contributed by atoms with Gasteiger partial charge in [-0.2, -0.15) is 0 Å². The molecule has 0 fully saturated rings. The molecule has 0 saturated carbocycles. The number of nitrogens with one attached hydrogen (secondary N) is 1. The standard InChI is InChI=1S/C14H18N4O2.ClH/c1-18(2)8-7-12-16-11-6-4-3-5-10(11)14(17-12)15-9-13(19)20;/h3-6H,7-9H2,1-2H3,(H,19,20)(H,15,16,17);1H. The summed E-state index contributed by atoms with van der Waals surface area (Å²) in [5.74, 6) is 0.375. The second-order valence-electron chi connectivity index (χ2n) is 4.81. The van der Waals surface area contributed by atoms with Crippen molar-refractivity contribution in [3.8, 4) is 0 Å². The zero-order chi connectivity index (χ0) is 14.5. The van der Waals surface area contributed by atoms with Crippen molar-refractivity contribution < 1.29 is 9.90 Å². The molecule has 0 spiro atoms. The summed E-state index contributed by atoms with van der Waals surface area (Å²) in [7, 11) is 3.98. The van der Waals surface area contributed by atoms with Gasteiger partial charge in [0, 0.05) is 18.4 Å². The second kappa shape index (κ2) is 7.75. The normalized spacial score (nSPS) is 10.4. The van der Waals surface area contributed by atoms with Crippen molar-refractivity contribution in [2.75, 3.05) is 32.5 Å². The van der Waals surface area contributed by atoms with Gasteiger partial charge in [0.15, 0.2) is 0 Å². The number of anilines is 1. The van der Waals surface area contributed by atoms with Crippen molar-refractivity contribution >= 4 is 35.1 Å². The van der Waals surface area contributed by atoms with Gasteiger partial charge in [-0.05, 0) is 26.2 Å². The molecule has 1 heterocycles. The predicted octanol–water partition coefficient (Wildman–Crippen LogP) is 1.65. The van der Waals surface area contributed by atoms with Gasteiger partial charge in [-0.3, -0.25) is 4.79 Å². The molecule has 0 bridgehead atoms. The van der Waals surface area contributed by atoms with Crippen LogP contribution in [0, 0.1) is 0 Å². The number of aliphatic carboxylic acids is 1. The number of nitrogens with zero attached hydrogens (tertiary/aromatic N) is 3. The fourth-order valence-electron chi connectivity index (χ4n) is 1.85. The topological polar surface area (TPSA) is 78.4 Å². The molecule has 7 heteroatoms. The summed E-state index contributed by atoms with van der Waals surface area (Å²) in [6, 6.07) is 7.58. The summed E-state index contributed by atoms with van der Waals surface area (Å²) in [6.45, 7) is 0.685. The summed E-state index contributed by atoms with van der Waals surface area (Å²) in [5.41, 5.74) is 0.823. The Bertz CT molecular complexity index is 619. The maximum atomic E-state index is 10.7. The van der Waals surface area contributed by atoms with Crippen molar-refractivity contribution in [1.29, 1.82) is 0 Å². The molecular weight excluding hydrogens is 292 g/mol. The number of fused-ring (bicyclic) bond motifs is 1. The predicted molar refractivity (Wildman–Crippen MR) is 85.2 cm³/mol. The Morgan fingerprint density at radius 2 is 2.00 bits per heavy atom. The van der Waals surface area contributed by atoms with E-state index in [0.717, 1.165) is 23.9 Å². The van der Waals surface area contributed by atoms with Crippen molar-refractivity contribution in [2.24, 2.45) is 0 Å². The number of hydrogen-bond acceptors (Lipinski definition) is 5. The van der Waals surface area contributed by atoms with Crippen molar-refractivity contribution in [3.63, 3.8) is 0 Å². The third-order valence-corrected chi connectivity index (χ3v) is 2.84. The lowest BCUT2D eigenvalue weighted by molar-refractivity contribution is -0.134. The van der Waals surface area contributed by atoms with E-state index in [1.807, 2.05) is 38.4 Å². The molecule has 1 aromatic carbocycles. The van der Waals surface area contributed by atoms with E-state index in [1.54, 1.807) is 0 Å². The number of halogens is 1. The highest BCUT2D eigenvalue weighted by atomic mass is 35.5. The largest absolute Gasteiger partial charge is 0.480 e. The van der Waals surface area contributed by atoms with Crippen LogP contribution in [0.15, 0.2) is 24.3 Å². The Balaban J connectivity index is 0.00000220. The van der Waals surface area contributed by atoms with E-state index in [4.69, 9.17) is 5.11 Å². The number of benzene rings is 1. The van der Waals surface area contributed by atoms with Gasteiger partial charge in [-0.1, -0.05) is 12.1 Å². The first-order chi connectivity index (χ1) is 9.56. The number of hydrogen-bond donors (Lipinski definition) is 2. The van der Waals surface area contributed by atoms with Gasteiger partial charge in [0.1, 0.15) is 18.2 Å². The van der Waals surface area contributed by atoms with Crippen molar-refractivity contribution in [1.82, 2.24) is 14.9 Å². The summed E-state index contributed by atoms with van der Waals surface area (Å²) >= 11 is 0. The van der Waals surface area contributed by atoms with Crippen LogP contribution in [-0.4, -0.2) is 53.1 Å². The minimum Gasteiger partial charge on any atom is -0.480 e. The minimum absolute atomic E-state index is 0. The molecule has 0 amide bonds. The minimum atomic E-state index is -0.914. The molecule has 2 N–H and O–H groups in total. The number of likely N-dealkylation sites (N-methyl/N-ethyl adjacent to an activating group) is 1. The Hall–Kier alpha value is -1.92. The van der Waals surface area contributed by atoms with E-state index in [9.17, 15) is 4.79 Å². The highest BCUT2D eigenvalue weighted by Crippen LogP contribution is 2.20. The summed E-state index contributed by atoms with van der Waals surface area (Å²) < 4.78 is 0. The van der Waals surface area contributed by atoms with Gasteiger partial charge in [-0.25, -0.2) is 9.97 Å². The number of carboxylic acids is 1. The number of rotatable bonds is 6. The van der Waals surface area contributed by atoms with Crippen LogP contribution in [-0.2, 0) is 11.2 Å². The Morgan fingerprint density at radius 1 is 1.29 bits per heavy atom. The zero-order valence-electron chi connectivity index (χ0n) is 12.0. The lowest BCUT2D eigenvalue weighted by atomic mass is 10.2. The average molecular weight is 311 g/mol. The molecule has 0 radical (unpaired) electrons. The van der Waals surface area contributed by atoms with Crippen LogP contribution in [0.4, 0.5) is 5.82 Å². The van der Waals surface area contributed by atoms with Crippen LogP contribution in [0.1, 0.15) is 5.82 Å². The Morgan fingerprint density at radius 3 is 2.67 bits per heavy atom. The third kappa shape index (κ3) is 4.84. The summed E-state index contributed by atoms with van der Waals surface area (Å²) in [6.07, 6.45) is 0.722. The monoisotopic (exact) mass is 310 g/mol. The molecular formula is C14H19ClN4O2. The first kappa shape index (κ1) is 17.1. The number of aromatic nitrogens is 2. The van der Waals surface area contributed by atoms with Crippen LogP contribution < -0.4 is 5.32 Å². The molecule has 0 atom stereocenters. The molecule has 0 unspecified atom stereocenters. The lowest BCUT2D eigenvalue weighted by Gasteiger charge is -2.11. The van der Waals surface area contributed by atoms with Gasteiger partial charge in [0.2, 0.25) is 0 Å². The molecule has 21 heavy (non-hydrogen) atoms. The van der Waals surface area contributed by atoms with E-state index in [-0.39, 0.29) is 19.0 Å². The molecule has 2 aromatic rings. The van der Waals surface area contributed by atoms with E-state index >= 15 is 0 Å². The van der Waals surface area contributed by atoms with Gasteiger partial charge in [0.25, 0.3) is 0 Å². The molecule has 114 valence electrons. The maximum Gasteiger partial charge on any atom is 0.322 e. The van der Waals surface area contributed by atoms with E-state index in [0.29, 0.717) is 11.6 Å². The number of carbonyl (C=O) groups is 1. The first-order valence-corrected chi connectivity index (χ1v) is 6.42. The molecule has 0 aliphatic carbocycles. The van der Waals surface area contributed by atoms with Gasteiger partial charge in [0.05, 0.1) is 5.52 Å². The summed E-state index contributed by atoms with van der Waals surface area (Å²) in [4.78, 5) is 21.7. The third-order valence-electron chi connectivity index (χ3n) is 2.84. The SMILES string of the molecule is CN(C)CCc1nc(NCC(=O)O)c2ccccc2n1.Cl. The van der Waals surface area contributed by atoms with Crippen LogP contribution >= 0.6 is 12.4 Å². The van der Waals surface area contributed by atoms with Crippen LogP contribution in [0.25, 0.3) is 10.9 Å². The zero-order valence-corrected chi connectivity index (χ0v) is 12.9. The number of para-hydroxylation sites is 1. The quantitative estimate of drug-likeness (QED) is 0.845. The van der Waals surface area contributed by atoms with Gasteiger partial charge in [-0.15, -0.1) is 12.4 Å². The highest BCUT2D eigenvalue weighted by molar-refractivity contribution is 5.90. The Labute approximate surface area is 129 Å². The van der Waals surface area contributed by atoms with E-state index in [1.165, 1.54) is 0 Å². The lowest BCUT2D eigenvalue weighted by Crippen LogP contribution is -2.18. The fourth-order valence-corrected chi connectivity index (χ4v) is 1.85.